The smallest absolute Gasteiger partial charge is 0.237 e. The molecule has 1 amide bonds. The second-order valence-electron chi connectivity index (χ2n) is 7.78. The molecule has 1 N–H and O–H groups in total. The van der Waals surface area contributed by atoms with Crippen LogP contribution in [0.1, 0.15) is 18.1 Å². The number of nitrogens with one attached hydrogen (secondary N) is 1. The predicted molar refractivity (Wildman–Crippen MR) is 143 cm³/mol. The van der Waals surface area contributed by atoms with Gasteiger partial charge in [0.2, 0.25) is 5.91 Å². The van der Waals surface area contributed by atoms with E-state index in [1.54, 1.807) is 0 Å². The van der Waals surface area contributed by atoms with Gasteiger partial charge in [0, 0.05) is 21.3 Å². The fourth-order valence-electron chi connectivity index (χ4n) is 3.50. The normalized spacial score (nSPS) is 11.5. The van der Waals surface area contributed by atoms with Gasteiger partial charge in [0.25, 0.3) is 0 Å². The SMILES string of the molecule is Cc1ccccc1NC(=O)[C@H](C)Sc1nc(-c2ccc(Br)cc2)cc(-c2ccccc2)c1C#N. The van der Waals surface area contributed by atoms with Crippen LogP contribution in [0.15, 0.2) is 94.4 Å². The summed E-state index contributed by atoms with van der Waals surface area (Å²) in [5.41, 5.74) is 5.65. The van der Waals surface area contributed by atoms with E-state index in [9.17, 15) is 10.1 Å². The van der Waals surface area contributed by atoms with Crippen LogP contribution in [-0.2, 0) is 4.79 Å². The van der Waals surface area contributed by atoms with E-state index in [4.69, 9.17) is 4.98 Å². The van der Waals surface area contributed by atoms with Crippen molar-refractivity contribution in [3.8, 4) is 28.5 Å². The van der Waals surface area contributed by atoms with Crippen LogP contribution in [0.25, 0.3) is 22.4 Å². The average molecular weight is 528 g/mol. The van der Waals surface area contributed by atoms with Gasteiger partial charge in [-0.05, 0) is 49.2 Å². The lowest BCUT2D eigenvalue weighted by Gasteiger charge is -2.16. The molecule has 1 atom stereocenters. The predicted octanol–water partition coefficient (Wildman–Crippen LogP) is 7.48. The first-order valence-electron chi connectivity index (χ1n) is 10.8. The summed E-state index contributed by atoms with van der Waals surface area (Å²) in [7, 11) is 0. The van der Waals surface area contributed by atoms with Gasteiger partial charge in [-0.25, -0.2) is 4.98 Å². The lowest BCUT2D eigenvalue weighted by molar-refractivity contribution is -0.115. The number of aromatic nitrogens is 1. The van der Waals surface area contributed by atoms with Crippen LogP contribution in [0.3, 0.4) is 0 Å². The van der Waals surface area contributed by atoms with Crippen molar-refractivity contribution in [2.24, 2.45) is 0 Å². The third-order valence-electron chi connectivity index (χ3n) is 5.38. The summed E-state index contributed by atoms with van der Waals surface area (Å²) in [6.45, 7) is 3.78. The number of amides is 1. The van der Waals surface area contributed by atoms with E-state index in [0.29, 0.717) is 10.6 Å². The Morgan fingerprint density at radius 3 is 2.35 bits per heavy atom. The molecule has 4 rings (SSSR count). The summed E-state index contributed by atoms with van der Waals surface area (Å²) in [5.74, 6) is -0.139. The van der Waals surface area contributed by atoms with E-state index in [0.717, 1.165) is 38.1 Å². The largest absolute Gasteiger partial charge is 0.325 e. The first-order chi connectivity index (χ1) is 16.5. The van der Waals surface area contributed by atoms with Crippen LogP contribution in [0.2, 0.25) is 0 Å². The molecule has 1 aromatic heterocycles. The van der Waals surface area contributed by atoms with Gasteiger partial charge in [0.05, 0.1) is 16.5 Å². The fraction of sp³-hybridized carbons (Fsp3) is 0.107. The Morgan fingerprint density at radius 2 is 1.68 bits per heavy atom. The van der Waals surface area contributed by atoms with Gasteiger partial charge in [-0.1, -0.05) is 88.4 Å². The quantitative estimate of drug-likeness (QED) is 0.264. The number of para-hydroxylation sites is 1. The van der Waals surface area contributed by atoms with Gasteiger partial charge in [-0.3, -0.25) is 4.79 Å². The number of rotatable bonds is 6. The molecule has 0 spiro atoms. The molecule has 0 bridgehead atoms. The molecule has 6 heteroatoms. The van der Waals surface area contributed by atoms with Crippen LogP contribution in [0, 0.1) is 18.3 Å². The zero-order valence-electron chi connectivity index (χ0n) is 18.7. The molecule has 0 aliphatic heterocycles. The van der Waals surface area contributed by atoms with E-state index >= 15 is 0 Å². The fourth-order valence-corrected chi connectivity index (χ4v) is 4.69. The number of carbonyl (C=O) groups is 1. The molecule has 0 unspecified atom stereocenters. The second-order valence-corrected chi connectivity index (χ2v) is 10.0. The number of thioether (sulfide) groups is 1. The maximum absolute atomic E-state index is 13.0. The molecule has 0 radical (unpaired) electrons. The van der Waals surface area contributed by atoms with Gasteiger partial charge < -0.3 is 5.32 Å². The molecule has 4 nitrogen and oxygen atoms in total. The number of anilines is 1. The van der Waals surface area contributed by atoms with Crippen molar-refractivity contribution in [1.29, 1.82) is 5.26 Å². The highest BCUT2D eigenvalue weighted by molar-refractivity contribution is 9.10. The molecule has 0 aliphatic rings. The van der Waals surface area contributed by atoms with E-state index in [1.165, 1.54) is 11.8 Å². The first kappa shape index (κ1) is 23.7. The molecule has 3 aromatic carbocycles. The number of nitrogens with zero attached hydrogens (tertiary/aromatic N) is 2. The topological polar surface area (TPSA) is 65.8 Å². The van der Waals surface area contributed by atoms with Crippen LogP contribution < -0.4 is 5.32 Å². The monoisotopic (exact) mass is 527 g/mol. The molecule has 1 heterocycles. The number of nitriles is 1. The van der Waals surface area contributed by atoms with Crippen LogP contribution >= 0.6 is 27.7 Å². The highest BCUT2D eigenvalue weighted by Gasteiger charge is 2.21. The third-order valence-corrected chi connectivity index (χ3v) is 7.00. The van der Waals surface area contributed by atoms with Gasteiger partial charge in [0.1, 0.15) is 11.1 Å². The number of pyridine rings is 1. The maximum atomic E-state index is 13.0. The third kappa shape index (κ3) is 5.39. The summed E-state index contributed by atoms with van der Waals surface area (Å²) >= 11 is 4.77. The number of halogens is 1. The van der Waals surface area contributed by atoms with Crippen LogP contribution in [0.4, 0.5) is 5.69 Å². The zero-order valence-corrected chi connectivity index (χ0v) is 21.2. The van der Waals surface area contributed by atoms with Gasteiger partial charge in [-0.15, -0.1) is 0 Å². The zero-order chi connectivity index (χ0) is 24.1. The van der Waals surface area contributed by atoms with Crippen LogP contribution in [-0.4, -0.2) is 16.1 Å². The van der Waals surface area contributed by atoms with Crippen molar-refractivity contribution in [1.82, 2.24) is 4.98 Å². The molecule has 0 aliphatic carbocycles. The van der Waals surface area contributed by atoms with E-state index in [2.05, 4.69) is 27.3 Å². The second kappa shape index (κ2) is 10.7. The molecule has 34 heavy (non-hydrogen) atoms. The van der Waals surface area contributed by atoms with Crippen molar-refractivity contribution < 1.29 is 4.79 Å². The summed E-state index contributed by atoms with van der Waals surface area (Å²) < 4.78 is 0.976. The molecule has 168 valence electrons. The van der Waals surface area contributed by atoms with Crippen molar-refractivity contribution in [3.63, 3.8) is 0 Å². The number of hydrogen-bond acceptors (Lipinski definition) is 4. The lowest BCUT2D eigenvalue weighted by atomic mass is 9.99. The van der Waals surface area contributed by atoms with Crippen molar-refractivity contribution in [2.45, 2.75) is 24.1 Å². The van der Waals surface area contributed by atoms with E-state index in [1.807, 2.05) is 98.8 Å². The minimum atomic E-state index is -0.456. The minimum Gasteiger partial charge on any atom is -0.325 e. The summed E-state index contributed by atoms with van der Waals surface area (Å²) in [6.07, 6.45) is 0. The van der Waals surface area contributed by atoms with Gasteiger partial charge in [-0.2, -0.15) is 5.26 Å². The standard InChI is InChI=1S/C28H22BrN3OS/c1-18-8-6-7-11-25(18)31-27(33)19(2)34-28-24(17-30)23(20-9-4-3-5-10-20)16-26(32-28)21-12-14-22(29)15-13-21/h3-16,19H,1-2H3,(H,31,33)/t19-/m0/s1. The first-order valence-corrected chi connectivity index (χ1v) is 12.4. The Labute approximate surface area is 212 Å². The number of aryl methyl sites for hydroxylation is 1. The molecule has 4 aromatic rings. The van der Waals surface area contributed by atoms with E-state index < -0.39 is 5.25 Å². The minimum absolute atomic E-state index is 0.139. The van der Waals surface area contributed by atoms with Crippen molar-refractivity contribution >= 4 is 39.3 Å². The van der Waals surface area contributed by atoms with Gasteiger partial charge in [0.15, 0.2) is 0 Å². The Hall–Kier alpha value is -3.40. The molecule has 0 saturated heterocycles. The summed E-state index contributed by atoms with van der Waals surface area (Å²) in [5, 5.41) is 13.1. The lowest BCUT2D eigenvalue weighted by Crippen LogP contribution is -2.23. The maximum Gasteiger partial charge on any atom is 0.237 e. The summed E-state index contributed by atoms with van der Waals surface area (Å²) in [6, 6.07) is 29.6. The van der Waals surface area contributed by atoms with Crippen molar-refractivity contribution in [2.75, 3.05) is 5.32 Å². The Kier molecular flexibility index (Phi) is 7.46. The molecule has 0 saturated carbocycles. The highest BCUT2D eigenvalue weighted by atomic mass is 79.9. The Morgan fingerprint density at radius 1 is 1.00 bits per heavy atom. The Bertz CT molecular complexity index is 1370. The van der Waals surface area contributed by atoms with Crippen molar-refractivity contribution in [3.05, 3.63) is 101 Å². The molecule has 0 fully saturated rings. The molecular formula is C28H22BrN3OS. The van der Waals surface area contributed by atoms with Gasteiger partial charge >= 0.3 is 0 Å². The highest BCUT2D eigenvalue weighted by Crippen LogP contribution is 2.36. The van der Waals surface area contributed by atoms with Crippen LogP contribution in [0.5, 0.6) is 0 Å². The van der Waals surface area contributed by atoms with E-state index in [-0.39, 0.29) is 5.91 Å². The Balaban J connectivity index is 1.73. The summed E-state index contributed by atoms with van der Waals surface area (Å²) in [4.78, 5) is 17.8. The molecular weight excluding hydrogens is 506 g/mol. The average Bonchev–Trinajstić information content (AvgIpc) is 2.86. The number of carbonyl (C=O) groups excluding carboxylic acids is 1. The number of hydrogen-bond donors (Lipinski definition) is 1. The number of benzene rings is 3.